The van der Waals surface area contributed by atoms with Gasteiger partial charge in [-0.3, -0.25) is 0 Å². The Hall–Kier alpha value is -3.44. The lowest BCUT2D eigenvalue weighted by Crippen LogP contribution is -2.60. The Morgan fingerprint density at radius 3 is 1.84 bits per heavy atom. The second kappa shape index (κ2) is 10.0. The van der Waals surface area contributed by atoms with Crippen molar-refractivity contribution < 1.29 is 23.5 Å². The number of aryl methyl sites for hydroxylation is 1. The van der Waals surface area contributed by atoms with Crippen molar-refractivity contribution in [3.63, 3.8) is 0 Å². The van der Waals surface area contributed by atoms with E-state index in [9.17, 15) is 9.59 Å². The topological polar surface area (TPSA) is 52.6 Å². The highest BCUT2D eigenvalue weighted by molar-refractivity contribution is 5.95. The van der Waals surface area contributed by atoms with Gasteiger partial charge in [0.1, 0.15) is 6.10 Å². The van der Waals surface area contributed by atoms with Gasteiger partial charge < -0.3 is 14.0 Å². The van der Waals surface area contributed by atoms with Gasteiger partial charge in [0, 0.05) is 49.7 Å². The molecule has 0 radical (unpaired) electrons. The molecule has 3 aromatic carbocycles. The van der Waals surface area contributed by atoms with E-state index >= 15 is 0 Å². The van der Waals surface area contributed by atoms with Crippen molar-refractivity contribution >= 4 is 11.9 Å². The Balaban J connectivity index is 1.37. The number of hydrogen-bond donors (Lipinski definition) is 0. The zero-order valence-electron chi connectivity index (χ0n) is 22.1. The molecule has 0 aromatic heterocycles. The highest BCUT2D eigenvalue weighted by Gasteiger charge is 2.57. The summed E-state index contributed by atoms with van der Waals surface area (Å²) < 4.78 is 14.0. The molecule has 0 N–H and O–H groups in total. The number of quaternary nitrogens is 1. The molecule has 5 heteroatoms. The van der Waals surface area contributed by atoms with E-state index in [0.29, 0.717) is 28.8 Å². The van der Waals surface area contributed by atoms with Crippen molar-refractivity contribution in [1.29, 1.82) is 0 Å². The van der Waals surface area contributed by atoms with Crippen molar-refractivity contribution in [2.75, 3.05) is 13.1 Å². The monoisotopic (exact) mass is 510 g/mol. The van der Waals surface area contributed by atoms with Crippen LogP contribution in [-0.2, 0) is 19.9 Å². The van der Waals surface area contributed by atoms with E-state index in [4.69, 9.17) is 9.47 Å². The van der Waals surface area contributed by atoms with Gasteiger partial charge in [-0.2, -0.15) is 0 Å². The van der Waals surface area contributed by atoms with Gasteiger partial charge in [-0.15, -0.1) is 0 Å². The largest absolute Gasteiger partial charge is 0.458 e. The molecule has 3 saturated heterocycles. The number of hydrogen-bond acceptors (Lipinski definition) is 4. The first-order valence-corrected chi connectivity index (χ1v) is 14.0. The molecule has 0 amide bonds. The highest BCUT2D eigenvalue weighted by Crippen LogP contribution is 2.47. The Morgan fingerprint density at radius 2 is 1.29 bits per heavy atom. The molecule has 1 spiro atoms. The Kier molecular flexibility index (Phi) is 6.56. The third kappa shape index (κ3) is 4.14. The quantitative estimate of drug-likeness (QED) is 0.304. The van der Waals surface area contributed by atoms with Gasteiger partial charge in [0.25, 0.3) is 5.60 Å². The van der Waals surface area contributed by atoms with E-state index in [0.717, 1.165) is 18.4 Å². The van der Waals surface area contributed by atoms with Gasteiger partial charge in [0.2, 0.25) is 0 Å². The van der Waals surface area contributed by atoms with Crippen LogP contribution >= 0.6 is 0 Å². The summed E-state index contributed by atoms with van der Waals surface area (Å²) in [4.78, 5) is 28.1. The molecule has 2 atom stereocenters. The predicted octanol–water partition coefficient (Wildman–Crippen LogP) is 5.94. The summed E-state index contributed by atoms with van der Waals surface area (Å²) in [5.41, 5.74) is 0.690. The third-order valence-corrected chi connectivity index (χ3v) is 9.29. The molecule has 3 aromatic rings. The van der Waals surface area contributed by atoms with E-state index in [1.165, 1.54) is 43.3 Å². The molecule has 0 saturated carbocycles. The van der Waals surface area contributed by atoms with Gasteiger partial charge in [-0.25, -0.2) is 9.59 Å². The minimum Gasteiger partial charge on any atom is -0.458 e. The van der Waals surface area contributed by atoms with Crippen LogP contribution in [0.4, 0.5) is 0 Å². The lowest BCUT2D eigenvalue weighted by molar-refractivity contribution is -0.956. The fourth-order valence-corrected chi connectivity index (χ4v) is 7.44. The Labute approximate surface area is 225 Å². The second-order valence-electron chi connectivity index (χ2n) is 11.3. The van der Waals surface area contributed by atoms with Crippen LogP contribution in [0.1, 0.15) is 65.6 Å². The lowest BCUT2D eigenvalue weighted by atomic mass is 9.85. The van der Waals surface area contributed by atoms with Crippen LogP contribution in [0.25, 0.3) is 0 Å². The Morgan fingerprint density at radius 1 is 0.763 bits per heavy atom. The summed E-state index contributed by atoms with van der Waals surface area (Å²) in [6, 6.07) is 27.0. The second-order valence-corrected chi connectivity index (χ2v) is 11.3. The van der Waals surface area contributed by atoms with Gasteiger partial charge in [0.15, 0.2) is 0 Å². The number of benzene rings is 3. The molecular weight excluding hydrogens is 474 g/mol. The summed E-state index contributed by atoms with van der Waals surface area (Å²) in [5.74, 6) is -1.06. The smallest absolute Gasteiger partial charge is 0.360 e. The van der Waals surface area contributed by atoms with Crippen molar-refractivity contribution in [2.45, 2.75) is 69.2 Å². The normalized spacial score (nSPS) is 23.8. The average molecular weight is 511 g/mol. The molecule has 3 aliphatic rings. The summed E-state index contributed by atoms with van der Waals surface area (Å²) in [6.45, 7) is 4.40. The van der Waals surface area contributed by atoms with E-state index in [2.05, 4.69) is 0 Å². The summed E-state index contributed by atoms with van der Waals surface area (Å²) in [6.07, 6.45) is 6.62. The van der Waals surface area contributed by atoms with Crippen molar-refractivity contribution in [3.05, 3.63) is 107 Å². The van der Waals surface area contributed by atoms with Crippen LogP contribution < -0.4 is 0 Å². The van der Waals surface area contributed by atoms with Gasteiger partial charge in [-0.1, -0.05) is 78.9 Å². The molecule has 3 heterocycles. The maximum atomic E-state index is 14.4. The molecule has 6 rings (SSSR count). The molecule has 2 bridgehead atoms. The van der Waals surface area contributed by atoms with Gasteiger partial charge >= 0.3 is 11.9 Å². The summed E-state index contributed by atoms with van der Waals surface area (Å²) >= 11 is 0. The molecule has 3 fully saturated rings. The molecular formula is C33H36NO4+. The predicted molar refractivity (Wildman–Crippen MR) is 145 cm³/mol. The first-order valence-electron chi connectivity index (χ1n) is 14.0. The van der Waals surface area contributed by atoms with Gasteiger partial charge in [0.05, 0.1) is 30.7 Å². The minimum absolute atomic E-state index is 0.173. The van der Waals surface area contributed by atoms with Crippen molar-refractivity contribution in [2.24, 2.45) is 0 Å². The fraction of sp³-hybridized carbons (Fsp3) is 0.394. The number of esters is 2. The van der Waals surface area contributed by atoms with Gasteiger partial charge in [-0.05, 0) is 18.6 Å². The van der Waals surface area contributed by atoms with E-state index in [1.54, 1.807) is 6.07 Å². The standard InChI is InChI=1S/C33H36NO4/c1-24-12-8-9-17-30(24)31(35)38-33(25-13-4-2-5-14-25,26-15-6-3-7-16-26)32(36)37-29-22-27-18-19-28(23-29)34(27)20-10-11-21-34/h2-9,12-17,27-29H,10-11,18-23H2,1H3/q+1. The van der Waals surface area contributed by atoms with Crippen LogP contribution in [0, 0.1) is 6.92 Å². The number of carbonyl (C=O) groups is 2. The zero-order valence-corrected chi connectivity index (χ0v) is 22.1. The van der Waals surface area contributed by atoms with Crippen LogP contribution in [0.15, 0.2) is 84.9 Å². The summed E-state index contributed by atoms with van der Waals surface area (Å²) in [5, 5.41) is 0. The number of ether oxygens (including phenoxy) is 2. The molecule has 3 aliphatic heterocycles. The number of rotatable bonds is 6. The SMILES string of the molecule is Cc1ccccc1C(=O)OC(C(=O)OC1CC2CCC(C1)[N+]21CCCC1)(c1ccccc1)c1ccccc1. The first-order chi connectivity index (χ1) is 18.5. The van der Waals surface area contributed by atoms with Crippen molar-refractivity contribution in [1.82, 2.24) is 0 Å². The van der Waals surface area contributed by atoms with Crippen LogP contribution in [0.3, 0.4) is 0 Å². The van der Waals surface area contributed by atoms with E-state index in [-0.39, 0.29) is 6.10 Å². The van der Waals surface area contributed by atoms with E-state index in [1.807, 2.05) is 85.8 Å². The molecule has 5 nitrogen and oxygen atoms in total. The van der Waals surface area contributed by atoms with Crippen LogP contribution in [-0.4, -0.2) is 47.7 Å². The number of piperidine rings is 1. The Bertz CT molecular complexity index is 1240. The summed E-state index contributed by atoms with van der Waals surface area (Å²) in [7, 11) is 0. The highest BCUT2D eigenvalue weighted by atomic mass is 16.6. The minimum atomic E-state index is -1.71. The maximum absolute atomic E-state index is 14.4. The molecule has 2 unspecified atom stereocenters. The number of carbonyl (C=O) groups excluding carboxylic acids is 2. The molecule has 38 heavy (non-hydrogen) atoms. The molecule has 196 valence electrons. The fourth-order valence-electron chi connectivity index (χ4n) is 7.44. The first kappa shape index (κ1) is 24.9. The zero-order chi connectivity index (χ0) is 26.2. The third-order valence-electron chi connectivity index (χ3n) is 9.29. The van der Waals surface area contributed by atoms with Crippen LogP contribution in [0.5, 0.6) is 0 Å². The maximum Gasteiger partial charge on any atom is 0.360 e. The number of nitrogens with zero attached hydrogens (tertiary/aromatic N) is 1. The van der Waals surface area contributed by atoms with Crippen molar-refractivity contribution in [3.8, 4) is 0 Å². The average Bonchev–Trinajstić information content (AvgIpc) is 3.49. The van der Waals surface area contributed by atoms with E-state index < -0.39 is 17.5 Å². The lowest BCUT2D eigenvalue weighted by Gasteiger charge is -2.47. The molecule has 0 aliphatic carbocycles. The van der Waals surface area contributed by atoms with Crippen LogP contribution in [0.2, 0.25) is 0 Å².